The molecule has 0 rings (SSSR count). The van der Waals surface area contributed by atoms with E-state index in [1.165, 1.54) is 12.1 Å². The number of rotatable bonds is 4. The Balaban J connectivity index is 3.64. The second-order valence-electron chi connectivity index (χ2n) is 4.24. The summed E-state index contributed by atoms with van der Waals surface area (Å²) in [5.74, 6) is 0. The molecule has 0 aliphatic heterocycles. The summed E-state index contributed by atoms with van der Waals surface area (Å²) in [5.41, 5.74) is 1.65. The Morgan fingerprint density at radius 1 is 1.20 bits per heavy atom. The van der Waals surface area contributed by atoms with E-state index in [1.54, 1.807) is 5.67 Å². The van der Waals surface area contributed by atoms with Crippen molar-refractivity contribution in [1.29, 1.82) is 0 Å². The molecule has 0 fully saturated rings. The van der Waals surface area contributed by atoms with E-state index in [2.05, 4.69) is 33.5 Å². The Morgan fingerprint density at radius 2 is 1.70 bits per heavy atom. The van der Waals surface area contributed by atoms with Crippen LogP contribution in [0, 0.1) is 0 Å². The van der Waals surface area contributed by atoms with Crippen molar-refractivity contribution in [2.45, 2.75) is 51.2 Å². The fourth-order valence-corrected chi connectivity index (χ4v) is 11.1. The quantitative estimate of drug-likeness (QED) is 0.575. The second-order valence-corrected chi connectivity index (χ2v) is 13.9. The maximum absolute atomic E-state index is 2.53. The van der Waals surface area contributed by atoms with Crippen LogP contribution in [-0.2, 0) is 0 Å². The van der Waals surface area contributed by atoms with Crippen molar-refractivity contribution in [3.63, 3.8) is 0 Å². The molecule has 0 spiro atoms. The molecule has 1 atom stereocenters. The van der Waals surface area contributed by atoms with Crippen molar-refractivity contribution in [2.75, 3.05) is 0 Å². The summed E-state index contributed by atoms with van der Waals surface area (Å²) in [6, 6.07) is 2.97. The van der Waals surface area contributed by atoms with Gasteiger partial charge in [0, 0.05) is 16.9 Å². The zero-order valence-electron chi connectivity index (χ0n) is 8.20. The van der Waals surface area contributed by atoms with Crippen LogP contribution in [0.5, 0.6) is 0 Å². The van der Waals surface area contributed by atoms with Gasteiger partial charge in [-0.05, 0) is 0 Å². The van der Waals surface area contributed by atoms with Crippen LogP contribution in [0.25, 0.3) is 0 Å². The van der Waals surface area contributed by atoms with Crippen molar-refractivity contribution in [2.24, 2.45) is 0 Å². The lowest BCUT2D eigenvalue weighted by Crippen LogP contribution is -2.30. The topological polar surface area (TPSA) is 0 Å². The molecule has 0 N–H and O–H groups in total. The molecule has 0 heterocycles. The van der Waals surface area contributed by atoms with Crippen LogP contribution >= 0.6 is 0 Å². The van der Waals surface area contributed by atoms with Gasteiger partial charge in [0.1, 0.15) is 0 Å². The van der Waals surface area contributed by atoms with E-state index in [9.17, 15) is 0 Å². The first-order chi connectivity index (χ1) is 4.52. The van der Waals surface area contributed by atoms with Gasteiger partial charge in [-0.25, -0.2) is 0 Å². The van der Waals surface area contributed by atoms with Gasteiger partial charge in [-0.1, -0.05) is 51.2 Å². The van der Waals surface area contributed by atoms with E-state index in [1.807, 2.05) is 0 Å². The highest BCUT2D eigenvalue weighted by molar-refractivity contribution is 6.88. The number of hydrogen-bond donors (Lipinski definition) is 0. The molecule has 0 aromatic carbocycles. The molecular weight excluding hydrogens is 152 g/mol. The lowest BCUT2D eigenvalue weighted by Gasteiger charge is -2.22. The third-order valence-corrected chi connectivity index (χ3v) is 13.1. The summed E-state index contributed by atoms with van der Waals surface area (Å²) in [4.78, 5) is 0. The first-order valence-electron chi connectivity index (χ1n) is 4.52. The first-order valence-corrected chi connectivity index (χ1v) is 10.7. The van der Waals surface area contributed by atoms with Gasteiger partial charge in [0.15, 0.2) is 0 Å². The molecule has 0 nitrogen and oxygen atoms in total. The van der Waals surface area contributed by atoms with Gasteiger partial charge in [0.2, 0.25) is 0 Å². The Morgan fingerprint density at radius 3 is 2.00 bits per heavy atom. The summed E-state index contributed by atoms with van der Waals surface area (Å²) in [7, 11) is -0.962. The highest BCUT2D eigenvalue weighted by Crippen LogP contribution is 2.17. The van der Waals surface area contributed by atoms with E-state index < -0.39 is 8.07 Å². The van der Waals surface area contributed by atoms with Gasteiger partial charge >= 0.3 is 0 Å². The lowest BCUT2D eigenvalue weighted by atomic mass is 11.0. The van der Waals surface area contributed by atoms with Gasteiger partial charge in [-0.3, -0.25) is 0 Å². The molecule has 0 saturated carbocycles. The summed E-state index contributed by atoms with van der Waals surface area (Å²) >= 11 is 0. The third-order valence-electron chi connectivity index (χ3n) is 2.56. The van der Waals surface area contributed by atoms with Crippen molar-refractivity contribution < 1.29 is 0 Å². The minimum atomic E-state index is -0.700. The molecule has 0 bridgehead atoms. The zero-order chi connectivity index (χ0) is 8.20. The van der Waals surface area contributed by atoms with Crippen molar-refractivity contribution in [1.82, 2.24) is 0 Å². The van der Waals surface area contributed by atoms with E-state index >= 15 is 0 Å². The normalized spacial score (nSPS) is 15.3. The minimum Gasteiger partial charge on any atom is -0.0722 e. The molecule has 0 radical (unpaired) electrons. The molecule has 62 valence electrons. The Kier molecular flexibility index (Phi) is 4.53. The van der Waals surface area contributed by atoms with E-state index in [-0.39, 0.29) is 8.80 Å². The smallest absolute Gasteiger partial charge is 0.0442 e. The first kappa shape index (κ1) is 10.4. The lowest BCUT2D eigenvalue weighted by molar-refractivity contribution is 1.31. The zero-order valence-corrected chi connectivity index (χ0v) is 10.4. The average Bonchev–Trinajstić information content (AvgIpc) is 1.87. The summed E-state index contributed by atoms with van der Waals surface area (Å²) in [5, 5.41) is 0. The highest BCUT2D eigenvalue weighted by atomic mass is 28.4. The van der Waals surface area contributed by atoms with Gasteiger partial charge < -0.3 is 0 Å². The van der Waals surface area contributed by atoms with Crippen molar-refractivity contribution in [3.8, 4) is 0 Å². The Bertz CT molecular complexity index is 89.3. The van der Waals surface area contributed by atoms with Crippen LogP contribution in [0.3, 0.4) is 0 Å². The molecule has 10 heavy (non-hydrogen) atoms. The summed E-state index contributed by atoms with van der Waals surface area (Å²) in [6.45, 7) is 12.3. The van der Waals surface area contributed by atoms with Crippen molar-refractivity contribution >= 4 is 16.9 Å². The fraction of sp³-hybridized carbons (Fsp3) is 1.00. The summed E-state index contributed by atoms with van der Waals surface area (Å²) < 4.78 is 0. The predicted molar refractivity (Wildman–Crippen MR) is 56.3 cm³/mol. The Hall–Kier alpha value is 0.434. The van der Waals surface area contributed by atoms with E-state index in [4.69, 9.17) is 0 Å². The maximum atomic E-state index is 2.53. The fourth-order valence-electron chi connectivity index (χ4n) is 1.23. The largest absolute Gasteiger partial charge is 0.0722 e. The van der Waals surface area contributed by atoms with Crippen LogP contribution in [-0.4, -0.2) is 16.9 Å². The molecule has 2 heteroatoms. The van der Waals surface area contributed by atoms with Gasteiger partial charge in [-0.2, -0.15) is 0 Å². The SMILES string of the molecule is CC[SiH](C)C[Si](C)(C)CC. The monoisotopic (exact) mass is 174 g/mol. The molecule has 0 saturated heterocycles. The highest BCUT2D eigenvalue weighted by Gasteiger charge is 2.20. The molecule has 0 amide bonds. The molecule has 0 aliphatic carbocycles. The van der Waals surface area contributed by atoms with E-state index in [0.717, 1.165) is 0 Å². The molecule has 1 unspecified atom stereocenters. The van der Waals surface area contributed by atoms with Crippen LogP contribution in [0.4, 0.5) is 0 Å². The average molecular weight is 174 g/mol. The minimum absolute atomic E-state index is 0.262. The summed E-state index contributed by atoms with van der Waals surface area (Å²) in [6.07, 6.45) is 0. The Labute approximate surface area is 68.7 Å². The molecule has 0 aliphatic rings. The number of hydrogen-bond acceptors (Lipinski definition) is 0. The van der Waals surface area contributed by atoms with Crippen LogP contribution in [0.1, 0.15) is 13.8 Å². The van der Waals surface area contributed by atoms with Gasteiger partial charge in [0.25, 0.3) is 0 Å². The molecule has 0 aromatic heterocycles. The molecule has 0 aromatic rings. The van der Waals surface area contributed by atoms with Crippen LogP contribution in [0.15, 0.2) is 0 Å². The van der Waals surface area contributed by atoms with Crippen LogP contribution in [0.2, 0.25) is 37.4 Å². The van der Waals surface area contributed by atoms with E-state index in [0.29, 0.717) is 0 Å². The predicted octanol–water partition coefficient (Wildman–Crippen LogP) is 3.13. The second kappa shape index (κ2) is 4.34. The van der Waals surface area contributed by atoms with Gasteiger partial charge in [-0.15, -0.1) is 0 Å². The molecular formula is C8H22Si2. The standard InChI is InChI=1S/C8H22Si2/c1-6-9(3)8-10(4,5)7-2/h9H,6-8H2,1-5H3. The third kappa shape index (κ3) is 4.28. The maximum Gasteiger partial charge on any atom is 0.0442 e. The van der Waals surface area contributed by atoms with Gasteiger partial charge in [0.05, 0.1) is 0 Å². The van der Waals surface area contributed by atoms with Crippen molar-refractivity contribution in [3.05, 3.63) is 0 Å². The van der Waals surface area contributed by atoms with Crippen LogP contribution < -0.4 is 0 Å².